The van der Waals surface area contributed by atoms with E-state index in [1.165, 1.54) is 0 Å². The molecule has 0 aromatic rings. The molecule has 0 bridgehead atoms. The Hall–Kier alpha value is -1.10. The number of hydrogen-bond acceptors (Lipinski definition) is 3. The van der Waals surface area contributed by atoms with E-state index < -0.39 is 23.9 Å². The predicted molar refractivity (Wildman–Crippen MR) is 41.6 cm³/mol. The van der Waals surface area contributed by atoms with Gasteiger partial charge >= 0.3 is 11.9 Å². The first-order valence-corrected chi connectivity index (χ1v) is 3.71. The van der Waals surface area contributed by atoms with Gasteiger partial charge in [-0.1, -0.05) is 13.3 Å². The molecule has 0 aromatic carbocycles. The van der Waals surface area contributed by atoms with E-state index in [2.05, 4.69) is 0 Å². The number of aliphatic carboxylic acids is 2. The highest BCUT2D eigenvalue weighted by Crippen LogP contribution is 2.10. The van der Waals surface area contributed by atoms with Crippen molar-refractivity contribution in [2.75, 3.05) is 0 Å². The normalized spacial score (nSPS) is 15.2. The van der Waals surface area contributed by atoms with Crippen molar-refractivity contribution in [3.63, 3.8) is 0 Å². The second-order valence-corrected chi connectivity index (χ2v) is 2.60. The molecule has 0 saturated heterocycles. The maximum atomic E-state index is 10.5. The summed E-state index contributed by atoms with van der Waals surface area (Å²) in [6, 6.07) is -1.30. The molecule has 70 valence electrons. The van der Waals surface area contributed by atoms with E-state index in [1.807, 2.05) is 0 Å². The minimum absolute atomic E-state index is 0.294. The summed E-state index contributed by atoms with van der Waals surface area (Å²) in [6.45, 7) is 1.78. The van der Waals surface area contributed by atoms with Gasteiger partial charge in [-0.15, -0.1) is 0 Å². The van der Waals surface area contributed by atoms with Crippen LogP contribution in [-0.4, -0.2) is 28.2 Å². The Labute approximate surface area is 70.2 Å². The molecule has 4 N–H and O–H groups in total. The van der Waals surface area contributed by atoms with Crippen molar-refractivity contribution < 1.29 is 19.8 Å². The van der Waals surface area contributed by atoms with Crippen molar-refractivity contribution in [1.82, 2.24) is 0 Å². The number of nitrogens with two attached hydrogens (primary N) is 1. The highest BCUT2D eigenvalue weighted by atomic mass is 16.4. The average Bonchev–Trinajstić information content (AvgIpc) is 1.98. The van der Waals surface area contributed by atoms with Crippen molar-refractivity contribution in [2.24, 2.45) is 11.7 Å². The van der Waals surface area contributed by atoms with Crippen LogP contribution in [0.5, 0.6) is 0 Å². The van der Waals surface area contributed by atoms with Gasteiger partial charge in [-0.25, -0.2) is 0 Å². The topological polar surface area (TPSA) is 101 Å². The van der Waals surface area contributed by atoms with E-state index in [1.54, 1.807) is 6.92 Å². The highest BCUT2D eigenvalue weighted by Gasteiger charge is 2.29. The summed E-state index contributed by atoms with van der Waals surface area (Å²) >= 11 is 0. The van der Waals surface area contributed by atoms with Crippen LogP contribution < -0.4 is 5.73 Å². The smallest absolute Gasteiger partial charge is 0.321 e. The molecule has 0 fully saturated rings. The van der Waals surface area contributed by atoms with Gasteiger partial charge in [0.1, 0.15) is 6.04 Å². The van der Waals surface area contributed by atoms with Crippen LogP contribution >= 0.6 is 0 Å². The van der Waals surface area contributed by atoms with Gasteiger partial charge in [0, 0.05) is 0 Å². The Morgan fingerprint density at radius 1 is 1.33 bits per heavy atom. The number of carboxylic acids is 2. The van der Waals surface area contributed by atoms with E-state index in [0.717, 1.165) is 0 Å². The third kappa shape index (κ3) is 2.87. The van der Waals surface area contributed by atoms with Crippen LogP contribution in [0.2, 0.25) is 0 Å². The minimum atomic E-state index is -1.30. The Bertz CT molecular complexity index is 180. The van der Waals surface area contributed by atoms with Crippen molar-refractivity contribution in [3.05, 3.63) is 0 Å². The van der Waals surface area contributed by atoms with E-state index in [0.29, 0.717) is 12.8 Å². The number of rotatable bonds is 5. The van der Waals surface area contributed by atoms with E-state index in [4.69, 9.17) is 15.9 Å². The average molecular weight is 175 g/mol. The van der Waals surface area contributed by atoms with Gasteiger partial charge in [0.2, 0.25) is 0 Å². The van der Waals surface area contributed by atoms with Crippen molar-refractivity contribution >= 4 is 11.9 Å². The van der Waals surface area contributed by atoms with Gasteiger partial charge in [-0.05, 0) is 6.42 Å². The maximum Gasteiger partial charge on any atom is 0.321 e. The Morgan fingerprint density at radius 2 is 1.83 bits per heavy atom. The van der Waals surface area contributed by atoms with Crippen LogP contribution in [0.4, 0.5) is 0 Å². The van der Waals surface area contributed by atoms with Gasteiger partial charge < -0.3 is 15.9 Å². The van der Waals surface area contributed by atoms with Crippen molar-refractivity contribution in [2.45, 2.75) is 25.8 Å². The third-order valence-corrected chi connectivity index (χ3v) is 1.64. The van der Waals surface area contributed by atoms with E-state index >= 15 is 0 Å². The summed E-state index contributed by atoms with van der Waals surface area (Å²) in [6.07, 6.45) is 0.904. The highest BCUT2D eigenvalue weighted by molar-refractivity contribution is 5.82. The zero-order valence-corrected chi connectivity index (χ0v) is 6.86. The molecule has 0 aliphatic rings. The van der Waals surface area contributed by atoms with E-state index in [-0.39, 0.29) is 0 Å². The molecule has 0 aliphatic heterocycles. The molecule has 0 amide bonds. The lowest BCUT2D eigenvalue weighted by atomic mass is 9.96. The van der Waals surface area contributed by atoms with Crippen LogP contribution in [0, 0.1) is 5.92 Å². The molecule has 0 rings (SSSR count). The summed E-state index contributed by atoms with van der Waals surface area (Å²) in [7, 11) is 0. The quantitative estimate of drug-likeness (QED) is 0.541. The number of carboxylic acid groups (broad SMARTS) is 2. The maximum absolute atomic E-state index is 10.5. The fourth-order valence-electron chi connectivity index (χ4n) is 0.940. The molecule has 0 heterocycles. The molecular weight excluding hydrogens is 162 g/mol. The Kier molecular flexibility index (Phi) is 4.28. The molecule has 5 heteroatoms. The Balaban J connectivity index is 4.28. The second-order valence-electron chi connectivity index (χ2n) is 2.60. The van der Waals surface area contributed by atoms with Crippen LogP contribution in [0.25, 0.3) is 0 Å². The zero-order valence-electron chi connectivity index (χ0n) is 6.86. The van der Waals surface area contributed by atoms with Crippen molar-refractivity contribution in [3.8, 4) is 0 Å². The summed E-state index contributed by atoms with van der Waals surface area (Å²) in [5.41, 5.74) is 5.17. The molecule has 0 aliphatic carbocycles. The van der Waals surface area contributed by atoms with Gasteiger partial charge in [0.05, 0.1) is 5.92 Å². The molecule has 0 radical (unpaired) electrons. The first kappa shape index (κ1) is 10.9. The molecule has 0 aromatic heterocycles. The number of carbonyl (C=O) groups is 2. The lowest BCUT2D eigenvalue weighted by molar-refractivity contribution is -0.150. The lowest BCUT2D eigenvalue weighted by Gasteiger charge is -2.14. The van der Waals surface area contributed by atoms with Gasteiger partial charge in [0.15, 0.2) is 0 Å². The monoisotopic (exact) mass is 175 g/mol. The summed E-state index contributed by atoms with van der Waals surface area (Å²) in [5.74, 6) is -3.39. The van der Waals surface area contributed by atoms with Crippen LogP contribution in [0.15, 0.2) is 0 Å². The standard InChI is InChI=1S/C7H13NO4/c1-2-3-4(6(9)10)5(8)7(11)12/h4-5H,2-3,8H2,1H3,(H,9,10)(H,11,12)/t4-,5-/m0/s1. The number of hydrogen-bond donors (Lipinski definition) is 3. The second kappa shape index (κ2) is 4.71. The molecule has 5 nitrogen and oxygen atoms in total. The molecule has 12 heavy (non-hydrogen) atoms. The minimum Gasteiger partial charge on any atom is -0.481 e. The SMILES string of the molecule is CCC[C@H](C(=O)O)[C@H](N)C(=O)O. The van der Waals surface area contributed by atoms with Gasteiger partial charge in [0.25, 0.3) is 0 Å². The predicted octanol–water partition coefficient (Wildman–Crippen LogP) is -0.101. The summed E-state index contributed by atoms with van der Waals surface area (Å²) in [4.78, 5) is 20.8. The van der Waals surface area contributed by atoms with Crippen molar-refractivity contribution in [1.29, 1.82) is 0 Å². The summed E-state index contributed by atoms with van der Waals surface area (Å²) < 4.78 is 0. The molecule has 2 atom stereocenters. The molecule has 0 unspecified atom stereocenters. The van der Waals surface area contributed by atoms with Crippen LogP contribution in [0.3, 0.4) is 0 Å². The Morgan fingerprint density at radius 3 is 2.08 bits per heavy atom. The van der Waals surface area contributed by atoms with Gasteiger partial charge in [-0.2, -0.15) is 0 Å². The molecule has 0 saturated carbocycles. The van der Waals surface area contributed by atoms with Crippen LogP contribution in [0.1, 0.15) is 19.8 Å². The first-order valence-electron chi connectivity index (χ1n) is 3.71. The lowest BCUT2D eigenvalue weighted by Crippen LogP contribution is -2.41. The van der Waals surface area contributed by atoms with E-state index in [9.17, 15) is 9.59 Å². The fraction of sp³-hybridized carbons (Fsp3) is 0.714. The van der Waals surface area contributed by atoms with Crippen LogP contribution in [-0.2, 0) is 9.59 Å². The largest absolute Gasteiger partial charge is 0.481 e. The molecular formula is C7H13NO4. The fourth-order valence-corrected chi connectivity index (χ4v) is 0.940. The summed E-state index contributed by atoms with van der Waals surface area (Å²) in [5, 5.41) is 17.0. The first-order chi connectivity index (χ1) is 5.50. The third-order valence-electron chi connectivity index (χ3n) is 1.64. The zero-order chi connectivity index (χ0) is 9.72. The molecule has 0 spiro atoms. The van der Waals surface area contributed by atoms with Gasteiger partial charge in [-0.3, -0.25) is 9.59 Å².